The Bertz CT molecular complexity index is 1470. The van der Waals surface area contributed by atoms with Crippen molar-refractivity contribution in [3.05, 3.63) is 66.7 Å². The molecule has 0 radical (unpaired) electrons. The summed E-state index contributed by atoms with van der Waals surface area (Å²) in [6, 6.07) is 21.5. The molecule has 0 bridgehead atoms. The molecule has 8 heteroatoms. The van der Waals surface area contributed by atoms with Crippen molar-refractivity contribution in [2.75, 3.05) is 25.3 Å². The number of aromatic nitrogens is 3. The van der Waals surface area contributed by atoms with Gasteiger partial charge >= 0.3 is 0 Å². The van der Waals surface area contributed by atoms with E-state index in [0.717, 1.165) is 32.6 Å². The molecule has 5 aromatic rings. The van der Waals surface area contributed by atoms with Gasteiger partial charge in [0.25, 0.3) is 0 Å². The summed E-state index contributed by atoms with van der Waals surface area (Å²) in [5, 5.41) is 16.3. The minimum absolute atomic E-state index is 0.133. The third kappa shape index (κ3) is 4.01. The van der Waals surface area contributed by atoms with Gasteiger partial charge in [0.1, 0.15) is 22.5 Å². The van der Waals surface area contributed by atoms with E-state index < -0.39 is 0 Å². The molecule has 1 N–H and O–H groups in total. The fraction of sp³-hybridized carbons (Fsp3) is 0.120. The molecular weight excluding hydrogens is 436 g/mol. The normalized spacial score (nSPS) is 11.1. The lowest BCUT2D eigenvalue weighted by Crippen LogP contribution is -2.15. The van der Waals surface area contributed by atoms with Crippen molar-refractivity contribution in [3.63, 3.8) is 0 Å². The first-order chi connectivity index (χ1) is 16.2. The monoisotopic (exact) mass is 456 g/mol. The summed E-state index contributed by atoms with van der Waals surface area (Å²) in [4.78, 5) is 17.3. The van der Waals surface area contributed by atoms with Crippen LogP contribution in [-0.4, -0.2) is 41.1 Å². The molecule has 0 saturated heterocycles. The minimum Gasteiger partial charge on any atom is -0.497 e. The molecule has 0 atom stereocenters. The van der Waals surface area contributed by atoms with Crippen molar-refractivity contribution in [1.82, 2.24) is 15.2 Å². The molecule has 0 unspecified atom stereocenters. The first-order valence-corrected chi connectivity index (χ1v) is 11.2. The maximum absolute atomic E-state index is 12.6. The summed E-state index contributed by atoms with van der Waals surface area (Å²) in [5.41, 5.74) is 2.10. The highest BCUT2D eigenvalue weighted by Gasteiger charge is 2.14. The summed E-state index contributed by atoms with van der Waals surface area (Å²) >= 11 is 1.24. The molecular formula is C25H20N4O3S. The van der Waals surface area contributed by atoms with E-state index in [9.17, 15) is 4.79 Å². The summed E-state index contributed by atoms with van der Waals surface area (Å²) in [7, 11) is 3.12. The number of methoxy groups -OCH3 is 2. The second-order valence-corrected chi connectivity index (χ2v) is 8.23. The number of thioether (sulfide) groups is 1. The third-order valence-electron chi connectivity index (χ3n) is 5.34. The van der Waals surface area contributed by atoms with E-state index >= 15 is 0 Å². The molecule has 0 fully saturated rings. The van der Waals surface area contributed by atoms with Crippen LogP contribution in [0, 0.1) is 0 Å². The minimum atomic E-state index is -0.199. The van der Waals surface area contributed by atoms with E-state index in [1.807, 2.05) is 36.4 Å². The first-order valence-electron chi connectivity index (χ1n) is 10.3. The van der Waals surface area contributed by atoms with Crippen LogP contribution in [0.15, 0.2) is 71.9 Å². The van der Waals surface area contributed by atoms with Crippen molar-refractivity contribution in [3.8, 4) is 11.5 Å². The highest BCUT2D eigenvalue weighted by Crippen LogP contribution is 2.33. The molecule has 1 amide bonds. The third-order valence-corrected chi connectivity index (χ3v) is 6.17. The lowest BCUT2D eigenvalue weighted by molar-refractivity contribution is -0.113. The van der Waals surface area contributed by atoms with Gasteiger partial charge in [-0.2, -0.15) is 0 Å². The molecule has 164 valence electrons. The lowest BCUT2D eigenvalue weighted by atomic mass is 10.00. The highest BCUT2D eigenvalue weighted by molar-refractivity contribution is 7.99. The Kier molecular flexibility index (Phi) is 5.66. The van der Waals surface area contributed by atoms with Gasteiger partial charge in [-0.3, -0.25) is 4.79 Å². The number of carbonyl (C=O) groups excluding carboxylic acids is 1. The van der Waals surface area contributed by atoms with Crippen molar-refractivity contribution in [2.24, 2.45) is 0 Å². The fourth-order valence-electron chi connectivity index (χ4n) is 3.81. The zero-order chi connectivity index (χ0) is 22.8. The fourth-order valence-corrected chi connectivity index (χ4v) is 4.40. The van der Waals surface area contributed by atoms with Crippen LogP contribution in [0.4, 0.5) is 5.69 Å². The number of nitrogens with one attached hydrogen (secondary N) is 1. The van der Waals surface area contributed by atoms with Gasteiger partial charge in [0.05, 0.1) is 25.7 Å². The zero-order valence-corrected chi connectivity index (χ0v) is 18.8. The topological polar surface area (TPSA) is 86.2 Å². The molecule has 0 saturated carbocycles. The van der Waals surface area contributed by atoms with Crippen molar-refractivity contribution in [2.45, 2.75) is 5.16 Å². The summed E-state index contributed by atoms with van der Waals surface area (Å²) < 4.78 is 10.5. The van der Waals surface area contributed by atoms with E-state index in [0.29, 0.717) is 22.3 Å². The Morgan fingerprint density at radius 3 is 2.18 bits per heavy atom. The first kappa shape index (κ1) is 21.0. The SMILES string of the molecule is COc1ccc(NC(=O)CSc2nnc3c4ccccc4c4ccccc4c3n2)c(OC)c1. The molecule has 7 nitrogen and oxygen atoms in total. The maximum atomic E-state index is 12.6. The van der Waals surface area contributed by atoms with E-state index in [1.54, 1.807) is 32.4 Å². The standard InChI is InChI=1S/C25H20N4O3S/c1-31-15-11-12-20(21(13-15)32-2)26-22(30)14-33-25-27-23-18-9-5-3-7-16(18)17-8-4-6-10-19(17)24(23)28-29-25/h3-13H,14H2,1-2H3,(H,26,30). The Morgan fingerprint density at radius 2 is 1.52 bits per heavy atom. The molecule has 0 aliphatic rings. The van der Waals surface area contributed by atoms with Crippen LogP contribution >= 0.6 is 11.8 Å². The number of amides is 1. The van der Waals surface area contributed by atoms with Crippen LogP contribution in [-0.2, 0) is 4.79 Å². The molecule has 0 spiro atoms. The summed E-state index contributed by atoms with van der Waals surface area (Å²) in [6.07, 6.45) is 0. The van der Waals surface area contributed by atoms with Crippen LogP contribution in [0.3, 0.4) is 0 Å². The van der Waals surface area contributed by atoms with Gasteiger partial charge in [-0.25, -0.2) is 4.98 Å². The van der Waals surface area contributed by atoms with Gasteiger partial charge in [-0.1, -0.05) is 60.3 Å². The number of nitrogens with zero attached hydrogens (tertiary/aromatic N) is 3. The largest absolute Gasteiger partial charge is 0.497 e. The Hall–Kier alpha value is -3.91. The maximum Gasteiger partial charge on any atom is 0.234 e. The van der Waals surface area contributed by atoms with Gasteiger partial charge in [0.2, 0.25) is 11.1 Å². The van der Waals surface area contributed by atoms with E-state index in [2.05, 4.69) is 27.6 Å². The van der Waals surface area contributed by atoms with Crippen molar-refractivity contribution >= 4 is 55.9 Å². The van der Waals surface area contributed by atoms with Crippen molar-refractivity contribution < 1.29 is 14.3 Å². The van der Waals surface area contributed by atoms with Gasteiger partial charge in [-0.05, 0) is 22.9 Å². The van der Waals surface area contributed by atoms with Crippen LogP contribution in [0.5, 0.6) is 11.5 Å². The second kappa shape index (κ2) is 8.91. The molecule has 1 aromatic heterocycles. The molecule has 4 aromatic carbocycles. The van der Waals surface area contributed by atoms with E-state index in [-0.39, 0.29) is 11.7 Å². The van der Waals surface area contributed by atoms with Crippen LogP contribution in [0.1, 0.15) is 0 Å². The van der Waals surface area contributed by atoms with Crippen LogP contribution in [0.25, 0.3) is 32.6 Å². The predicted octanol–water partition coefficient (Wildman–Crippen LogP) is 5.08. The molecule has 33 heavy (non-hydrogen) atoms. The van der Waals surface area contributed by atoms with Crippen LogP contribution < -0.4 is 14.8 Å². The molecule has 0 aliphatic carbocycles. The van der Waals surface area contributed by atoms with Gasteiger partial charge in [-0.15, -0.1) is 10.2 Å². The van der Waals surface area contributed by atoms with E-state index in [4.69, 9.17) is 14.5 Å². The number of benzene rings is 4. The summed E-state index contributed by atoms with van der Waals surface area (Å²) in [5.74, 6) is 1.10. The zero-order valence-electron chi connectivity index (χ0n) is 18.0. The van der Waals surface area contributed by atoms with Gasteiger partial charge in [0, 0.05) is 16.8 Å². The Balaban J connectivity index is 1.42. The van der Waals surface area contributed by atoms with E-state index in [1.165, 1.54) is 11.8 Å². The van der Waals surface area contributed by atoms with Crippen LogP contribution in [0.2, 0.25) is 0 Å². The predicted molar refractivity (Wildman–Crippen MR) is 131 cm³/mol. The Labute approximate surface area is 194 Å². The number of fused-ring (bicyclic) bond motifs is 6. The number of ether oxygens (including phenoxy) is 2. The number of rotatable bonds is 6. The number of carbonyl (C=O) groups is 1. The lowest BCUT2D eigenvalue weighted by Gasteiger charge is -2.11. The van der Waals surface area contributed by atoms with Crippen molar-refractivity contribution in [1.29, 1.82) is 0 Å². The smallest absolute Gasteiger partial charge is 0.234 e. The quantitative estimate of drug-likeness (QED) is 0.282. The Morgan fingerprint density at radius 1 is 0.848 bits per heavy atom. The number of hydrogen-bond acceptors (Lipinski definition) is 7. The van der Waals surface area contributed by atoms with Gasteiger partial charge < -0.3 is 14.8 Å². The molecule has 5 rings (SSSR count). The molecule has 1 heterocycles. The number of anilines is 1. The highest BCUT2D eigenvalue weighted by atomic mass is 32.2. The molecule has 0 aliphatic heterocycles. The average molecular weight is 457 g/mol. The average Bonchev–Trinajstić information content (AvgIpc) is 2.87. The van der Waals surface area contributed by atoms with Gasteiger partial charge in [0.15, 0.2) is 0 Å². The number of hydrogen-bond donors (Lipinski definition) is 1. The summed E-state index contributed by atoms with van der Waals surface area (Å²) in [6.45, 7) is 0. The second-order valence-electron chi connectivity index (χ2n) is 7.29.